The molecule has 1 nitrogen and oxygen atoms in total. The van der Waals surface area contributed by atoms with Crippen molar-refractivity contribution in [3.8, 4) is 22.3 Å². The van der Waals surface area contributed by atoms with Crippen LogP contribution in [0.3, 0.4) is 0 Å². The van der Waals surface area contributed by atoms with E-state index >= 15 is 0 Å². The summed E-state index contributed by atoms with van der Waals surface area (Å²) in [6, 6.07) is 34.4. The minimum Gasteiger partial charge on any atom is -0.392 e. The lowest BCUT2D eigenvalue weighted by Gasteiger charge is -2.19. The molecule has 0 radical (unpaired) electrons. The van der Waals surface area contributed by atoms with Crippen LogP contribution in [0.1, 0.15) is 28.2 Å². The maximum absolute atomic E-state index is 9.34. The zero-order valence-corrected chi connectivity index (χ0v) is 15.0. The van der Waals surface area contributed by atoms with Crippen molar-refractivity contribution in [1.82, 2.24) is 0 Å². The smallest absolute Gasteiger partial charge is 0.0681 e. The number of aliphatic hydroxyl groups excluding tert-OH is 1. The Kier molecular flexibility index (Phi) is 3.88. The zero-order valence-electron chi connectivity index (χ0n) is 15.0. The predicted octanol–water partition coefficient (Wildman–Crippen LogP) is 6.01. The van der Waals surface area contributed by atoms with E-state index in [2.05, 4.69) is 84.9 Å². The minimum absolute atomic E-state index is 0.0747. The summed E-state index contributed by atoms with van der Waals surface area (Å²) in [6.45, 7) is 0.0747. The average molecular weight is 348 g/mol. The Bertz CT molecular complexity index is 1060. The molecule has 0 spiro atoms. The lowest BCUT2D eigenvalue weighted by molar-refractivity contribution is 0.282. The van der Waals surface area contributed by atoms with Crippen molar-refractivity contribution in [2.75, 3.05) is 0 Å². The van der Waals surface area contributed by atoms with Gasteiger partial charge in [-0.15, -0.1) is 0 Å². The second-order valence-corrected chi connectivity index (χ2v) is 7.05. The van der Waals surface area contributed by atoms with Crippen LogP contribution in [-0.4, -0.2) is 5.11 Å². The Morgan fingerprint density at radius 2 is 0.963 bits per heavy atom. The molecule has 5 rings (SSSR count). The Morgan fingerprint density at radius 3 is 1.48 bits per heavy atom. The van der Waals surface area contributed by atoms with Gasteiger partial charge in [-0.1, -0.05) is 97.1 Å². The van der Waals surface area contributed by atoms with E-state index in [1.807, 2.05) is 12.1 Å². The van der Waals surface area contributed by atoms with E-state index in [9.17, 15) is 5.11 Å². The molecule has 0 aromatic heterocycles. The fraction of sp³-hybridized carbons (Fsp3) is 0.0769. The zero-order chi connectivity index (χ0) is 18.2. The molecule has 4 aromatic rings. The monoisotopic (exact) mass is 348 g/mol. The molecule has 0 fully saturated rings. The standard InChI is InChI=1S/C26H20O/c27-17-18-13-15-19(16-14-18)20-7-1-4-10-23(20)26-24-11-5-2-8-21(24)22-9-3-6-12-25(22)26/h1-16,26-27H,17H2. The van der Waals surface area contributed by atoms with Crippen LogP contribution in [0.5, 0.6) is 0 Å². The molecule has 1 N–H and O–H groups in total. The quantitative estimate of drug-likeness (QED) is 0.423. The second-order valence-electron chi connectivity index (χ2n) is 7.05. The number of hydrogen-bond acceptors (Lipinski definition) is 1. The van der Waals surface area contributed by atoms with E-state index in [0.29, 0.717) is 0 Å². The lowest BCUT2D eigenvalue weighted by atomic mass is 9.84. The number of aliphatic hydroxyl groups is 1. The fourth-order valence-electron chi connectivity index (χ4n) is 4.29. The van der Waals surface area contributed by atoms with Gasteiger partial charge in [0, 0.05) is 5.92 Å². The molecule has 0 heterocycles. The Morgan fingerprint density at radius 1 is 0.519 bits per heavy atom. The first-order valence-corrected chi connectivity index (χ1v) is 9.34. The molecule has 27 heavy (non-hydrogen) atoms. The minimum atomic E-state index is 0.0747. The number of rotatable bonds is 3. The van der Waals surface area contributed by atoms with Crippen molar-refractivity contribution >= 4 is 0 Å². The summed E-state index contributed by atoms with van der Waals surface area (Å²) in [5, 5.41) is 9.34. The van der Waals surface area contributed by atoms with Crippen LogP contribution in [0.2, 0.25) is 0 Å². The SMILES string of the molecule is OCc1ccc(-c2ccccc2C2c3ccccc3-c3ccccc32)cc1. The van der Waals surface area contributed by atoms with Gasteiger partial charge in [-0.05, 0) is 44.5 Å². The lowest BCUT2D eigenvalue weighted by Crippen LogP contribution is -2.01. The number of hydrogen-bond donors (Lipinski definition) is 1. The third kappa shape index (κ3) is 2.59. The highest BCUT2D eigenvalue weighted by molar-refractivity contribution is 5.83. The summed E-state index contributed by atoms with van der Waals surface area (Å²) in [4.78, 5) is 0. The number of benzene rings is 4. The van der Waals surface area contributed by atoms with Gasteiger partial charge in [-0.25, -0.2) is 0 Å². The summed E-state index contributed by atoms with van der Waals surface area (Å²) < 4.78 is 0. The molecule has 0 amide bonds. The predicted molar refractivity (Wildman–Crippen MR) is 111 cm³/mol. The van der Waals surface area contributed by atoms with Crippen LogP contribution in [0.15, 0.2) is 97.1 Å². The molecule has 1 aliphatic rings. The van der Waals surface area contributed by atoms with Gasteiger partial charge in [0.1, 0.15) is 0 Å². The van der Waals surface area contributed by atoms with Crippen LogP contribution >= 0.6 is 0 Å². The van der Waals surface area contributed by atoms with Gasteiger partial charge in [0.2, 0.25) is 0 Å². The van der Waals surface area contributed by atoms with E-state index in [0.717, 1.165) is 5.56 Å². The molecule has 1 heteroatoms. The third-order valence-corrected chi connectivity index (χ3v) is 5.55. The molecule has 0 atom stereocenters. The van der Waals surface area contributed by atoms with Gasteiger partial charge < -0.3 is 5.11 Å². The summed E-state index contributed by atoms with van der Waals surface area (Å²) in [5.41, 5.74) is 10.1. The largest absolute Gasteiger partial charge is 0.392 e. The van der Waals surface area contributed by atoms with Gasteiger partial charge in [0.05, 0.1) is 6.61 Å². The van der Waals surface area contributed by atoms with Gasteiger partial charge in [-0.2, -0.15) is 0 Å². The summed E-state index contributed by atoms with van der Waals surface area (Å²) in [6.07, 6.45) is 0. The molecule has 0 saturated carbocycles. The first-order valence-electron chi connectivity index (χ1n) is 9.34. The molecular weight excluding hydrogens is 328 g/mol. The van der Waals surface area contributed by atoms with Crippen molar-refractivity contribution in [3.63, 3.8) is 0 Å². The molecule has 130 valence electrons. The van der Waals surface area contributed by atoms with E-state index in [-0.39, 0.29) is 12.5 Å². The summed E-state index contributed by atoms with van der Waals surface area (Å²) in [7, 11) is 0. The van der Waals surface area contributed by atoms with Crippen molar-refractivity contribution in [2.45, 2.75) is 12.5 Å². The maximum atomic E-state index is 9.34. The van der Waals surface area contributed by atoms with Crippen LogP contribution < -0.4 is 0 Å². The highest BCUT2D eigenvalue weighted by Gasteiger charge is 2.30. The molecule has 0 aliphatic heterocycles. The summed E-state index contributed by atoms with van der Waals surface area (Å²) >= 11 is 0. The highest BCUT2D eigenvalue weighted by atomic mass is 16.3. The van der Waals surface area contributed by atoms with E-state index < -0.39 is 0 Å². The van der Waals surface area contributed by atoms with Gasteiger partial charge >= 0.3 is 0 Å². The van der Waals surface area contributed by atoms with E-state index in [4.69, 9.17) is 0 Å². The van der Waals surface area contributed by atoms with Crippen LogP contribution in [0.4, 0.5) is 0 Å². The fourth-order valence-corrected chi connectivity index (χ4v) is 4.29. The van der Waals surface area contributed by atoms with E-state index in [1.54, 1.807) is 0 Å². The molecule has 1 aliphatic carbocycles. The normalized spacial score (nSPS) is 12.6. The van der Waals surface area contributed by atoms with Crippen molar-refractivity contribution < 1.29 is 5.11 Å². The molecule has 0 saturated heterocycles. The van der Waals surface area contributed by atoms with Crippen molar-refractivity contribution in [3.05, 3.63) is 119 Å². The molecule has 0 bridgehead atoms. The Hall–Kier alpha value is -3.16. The average Bonchev–Trinajstić information content (AvgIpc) is 3.08. The van der Waals surface area contributed by atoms with Crippen LogP contribution in [0.25, 0.3) is 22.3 Å². The Balaban J connectivity index is 1.72. The molecule has 4 aromatic carbocycles. The molecule has 0 unspecified atom stereocenters. The van der Waals surface area contributed by atoms with E-state index in [1.165, 1.54) is 38.9 Å². The summed E-state index contributed by atoms with van der Waals surface area (Å²) in [5.74, 6) is 0.242. The van der Waals surface area contributed by atoms with Crippen molar-refractivity contribution in [1.29, 1.82) is 0 Å². The van der Waals surface area contributed by atoms with Crippen LogP contribution in [-0.2, 0) is 6.61 Å². The Labute approximate surface area is 159 Å². The second kappa shape index (κ2) is 6.53. The van der Waals surface area contributed by atoms with Gasteiger partial charge in [-0.3, -0.25) is 0 Å². The van der Waals surface area contributed by atoms with Crippen LogP contribution in [0, 0.1) is 0 Å². The highest BCUT2D eigenvalue weighted by Crippen LogP contribution is 2.49. The van der Waals surface area contributed by atoms with Gasteiger partial charge in [0.25, 0.3) is 0 Å². The van der Waals surface area contributed by atoms with Gasteiger partial charge in [0.15, 0.2) is 0 Å². The molecular formula is C26H20O. The first kappa shape index (κ1) is 16.0. The number of fused-ring (bicyclic) bond motifs is 3. The first-order chi connectivity index (χ1) is 13.4. The third-order valence-electron chi connectivity index (χ3n) is 5.55. The topological polar surface area (TPSA) is 20.2 Å². The van der Waals surface area contributed by atoms with Crippen molar-refractivity contribution in [2.24, 2.45) is 0 Å². The maximum Gasteiger partial charge on any atom is 0.0681 e.